The van der Waals surface area contributed by atoms with Gasteiger partial charge in [-0.1, -0.05) is 12.1 Å². The number of carbonyl (C=O) groups excluding carboxylic acids is 4. The molecule has 1 fully saturated rings. The maximum atomic E-state index is 13.1. The topological polar surface area (TPSA) is 146 Å². The van der Waals surface area contributed by atoms with Gasteiger partial charge in [-0.05, 0) is 24.1 Å². The number of benzene rings is 1. The van der Waals surface area contributed by atoms with Crippen molar-refractivity contribution in [1.29, 1.82) is 0 Å². The van der Waals surface area contributed by atoms with E-state index in [1.807, 2.05) is 0 Å². The van der Waals surface area contributed by atoms with Gasteiger partial charge in [0.05, 0.1) is 51.4 Å². The van der Waals surface area contributed by atoms with E-state index in [1.54, 1.807) is 0 Å². The summed E-state index contributed by atoms with van der Waals surface area (Å²) in [6.45, 7) is 0. The number of ether oxygens (including phenoxy) is 4. The van der Waals surface area contributed by atoms with E-state index in [-0.39, 0.29) is 12.0 Å². The van der Waals surface area contributed by atoms with Gasteiger partial charge in [0, 0.05) is 11.8 Å². The summed E-state index contributed by atoms with van der Waals surface area (Å²) in [7, 11) is 3.85. The van der Waals surface area contributed by atoms with E-state index < -0.39 is 82.1 Å². The van der Waals surface area contributed by atoms with Gasteiger partial charge < -0.3 is 29.2 Å². The highest BCUT2D eigenvalue weighted by atomic mass is 19.4. The first-order valence-corrected chi connectivity index (χ1v) is 10.9. The number of fused-ring (bicyclic) bond motifs is 2. The second-order valence-electron chi connectivity index (χ2n) is 8.70. The molecule has 37 heavy (non-hydrogen) atoms. The molecule has 202 valence electrons. The van der Waals surface area contributed by atoms with Crippen molar-refractivity contribution in [2.45, 2.75) is 24.1 Å². The molecule has 0 amide bonds. The molecule has 2 N–H and O–H groups in total. The highest BCUT2D eigenvalue weighted by Gasteiger charge is 2.71. The van der Waals surface area contributed by atoms with Gasteiger partial charge in [0.2, 0.25) is 0 Å². The molecule has 1 aromatic rings. The molecule has 1 aromatic carbocycles. The molecule has 0 radical (unpaired) electrons. The standard InChI is InChI=1S/C24H25F3O10/c1-34-19(29)14-13-9-12(10-5-7-11(8-6-10)24(25,26)27)15(20(30)35-2)23(33,16(13)21(31)36-3)17(18(14)28)22(32)37-4/h5-8,12-13,15-17,28,33H,9H2,1-4H3/t12-,13-,15-,16-,17?,23+/m0/s1. The molecule has 0 saturated heterocycles. The van der Waals surface area contributed by atoms with Crippen LogP contribution in [0.4, 0.5) is 13.2 Å². The Morgan fingerprint density at radius 3 is 1.76 bits per heavy atom. The second kappa shape index (κ2) is 10.0. The highest BCUT2D eigenvalue weighted by Crippen LogP contribution is 2.60. The fourth-order valence-electron chi connectivity index (χ4n) is 5.58. The number of hydrogen-bond donors (Lipinski definition) is 2. The van der Waals surface area contributed by atoms with Crippen molar-refractivity contribution in [3.63, 3.8) is 0 Å². The molecule has 3 rings (SSSR count). The number of carbonyl (C=O) groups is 4. The van der Waals surface area contributed by atoms with Crippen LogP contribution in [-0.4, -0.2) is 68.1 Å². The monoisotopic (exact) mass is 530 g/mol. The van der Waals surface area contributed by atoms with Gasteiger partial charge in [-0.2, -0.15) is 13.2 Å². The minimum Gasteiger partial charge on any atom is -0.511 e. The van der Waals surface area contributed by atoms with E-state index >= 15 is 0 Å². The number of rotatable bonds is 5. The van der Waals surface area contributed by atoms with Crippen LogP contribution in [0.5, 0.6) is 0 Å². The van der Waals surface area contributed by atoms with Gasteiger partial charge in [0.25, 0.3) is 0 Å². The Hall–Kier alpha value is -3.61. The first-order valence-electron chi connectivity index (χ1n) is 10.9. The van der Waals surface area contributed by atoms with Gasteiger partial charge in [-0.15, -0.1) is 0 Å². The van der Waals surface area contributed by atoms with Crippen LogP contribution in [0, 0.1) is 23.7 Å². The lowest BCUT2D eigenvalue weighted by Crippen LogP contribution is -2.68. The van der Waals surface area contributed by atoms with Crippen molar-refractivity contribution in [2.24, 2.45) is 23.7 Å². The van der Waals surface area contributed by atoms with E-state index in [1.165, 1.54) is 0 Å². The average Bonchev–Trinajstić information content (AvgIpc) is 2.86. The molecule has 0 aliphatic heterocycles. The van der Waals surface area contributed by atoms with Gasteiger partial charge in [0.1, 0.15) is 17.3 Å². The largest absolute Gasteiger partial charge is 0.511 e. The smallest absolute Gasteiger partial charge is 0.416 e. The van der Waals surface area contributed by atoms with Crippen LogP contribution in [0.25, 0.3) is 0 Å². The summed E-state index contributed by atoms with van der Waals surface area (Å²) in [6.07, 6.45) is -4.96. The predicted octanol–water partition coefficient (Wildman–Crippen LogP) is 1.91. The maximum Gasteiger partial charge on any atom is 0.416 e. The second-order valence-corrected chi connectivity index (χ2v) is 8.70. The zero-order valence-electron chi connectivity index (χ0n) is 20.2. The molecule has 10 nitrogen and oxygen atoms in total. The quantitative estimate of drug-likeness (QED) is 0.428. The molecule has 2 aliphatic rings. The number of hydrogen-bond acceptors (Lipinski definition) is 10. The average molecular weight is 530 g/mol. The van der Waals surface area contributed by atoms with Crippen molar-refractivity contribution >= 4 is 23.9 Å². The third kappa shape index (κ3) is 4.41. The number of aliphatic hydroxyl groups excluding tert-OH is 1. The molecular weight excluding hydrogens is 505 g/mol. The van der Waals surface area contributed by atoms with Crippen molar-refractivity contribution in [3.8, 4) is 0 Å². The zero-order valence-corrected chi connectivity index (χ0v) is 20.2. The van der Waals surface area contributed by atoms with E-state index in [9.17, 15) is 42.6 Å². The van der Waals surface area contributed by atoms with Crippen LogP contribution < -0.4 is 0 Å². The van der Waals surface area contributed by atoms with Crippen molar-refractivity contribution in [3.05, 3.63) is 46.7 Å². The van der Waals surface area contributed by atoms with Crippen LogP contribution in [0.15, 0.2) is 35.6 Å². The molecule has 0 heterocycles. The molecule has 1 saturated carbocycles. The lowest BCUT2D eigenvalue weighted by atomic mass is 9.49. The summed E-state index contributed by atoms with van der Waals surface area (Å²) in [4.78, 5) is 51.7. The number of methoxy groups -OCH3 is 4. The van der Waals surface area contributed by atoms with Gasteiger partial charge >= 0.3 is 30.1 Å². The molecule has 2 bridgehead atoms. The van der Waals surface area contributed by atoms with Gasteiger partial charge in [-0.25, -0.2) is 4.79 Å². The maximum absolute atomic E-state index is 13.1. The third-order valence-electron chi connectivity index (χ3n) is 7.11. The van der Waals surface area contributed by atoms with Crippen LogP contribution >= 0.6 is 0 Å². The van der Waals surface area contributed by atoms with E-state index in [0.29, 0.717) is 0 Å². The van der Waals surface area contributed by atoms with Crippen molar-refractivity contribution in [1.82, 2.24) is 0 Å². The minimum absolute atomic E-state index is 0.115. The SMILES string of the molecule is COC(=O)C1=C(O)C(C(=O)OC)[C@]2(O)[C@H](C(=O)OC)[C@H]1C[C@@H](c1ccc(C(F)(F)F)cc1)[C@H]2C(=O)OC. The summed E-state index contributed by atoms with van der Waals surface area (Å²) in [5.74, 6) is -13.9. The van der Waals surface area contributed by atoms with Gasteiger partial charge in [-0.3, -0.25) is 14.4 Å². The number of halogens is 3. The van der Waals surface area contributed by atoms with Crippen LogP contribution in [-0.2, 0) is 44.3 Å². The lowest BCUT2D eigenvalue weighted by Gasteiger charge is -2.55. The molecular formula is C24H25F3O10. The summed E-state index contributed by atoms with van der Waals surface area (Å²) in [5.41, 5.74) is -4.17. The molecule has 1 unspecified atom stereocenters. The first kappa shape index (κ1) is 28.0. The zero-order chi connectivity index (χ0) is 27.9. The van der Waals surface area contributed by atoms with Crippen molar-refractivity contribution < 1.29 is 61.5 Å². The predicted molar refractivity (Wildman–Crippen MR) is 115 cm³/mol. The lowest BCUT2D eigenvalue weighted by molar-refractivity contribution is -0.208. The Kier molecular flexibility index (Phi) is 7.59. The summed E-state index contributed by atoms with van der Waals surface area (Å²) in [6, 6.07) is 3.69. The molecule has 13 heteroatoms. The van der Waals surface area contributed by atoms with Crippen LogP contribution in [0.2, 0.25) is 0 Å². The summed E-state index contributed by atoms with van der Waals surface area (Å²) >= 11 is 0. The minimum atomic E-state index is -4.65. The number of esters is 4. The molecule has 6 atom stereocenters. The fourth-order valence-corrected chi connectivity index (χ4v) is 5.58. The highest BCUT2D eigenvalue weighted by molar-refractivity contribution is 5.96. The van der Waals surface area contributed by atoms with Crippen molar-refractivity contribution in [2.75, 3.05) is 28.4 Å². The normalized spacial score (nSPS) is 29.2. The van der Waals surface area contributed by atoms with E-state index in [0.717, 1.165) is 52.7 Å². The number of aliphatic hydroxyl groups is 2. The van der Waals surface area contributed by atoms with Crippen LogP contribution in [0.1, 0.15) is 23.5 Å². The summed E-state index contributed by atoms with van der Waals surface area (Å²) in [5, 5.41) is 23.1. The van der Waals surface area contributed by atoms with E-state index in [2.05, 4.69) is 0 Å². The summed E-state index contributed by atoms with van der Waals surface area (Å²) < 4.78 is 58.6. The molecule has 0 spiro atoms. The Balaban J connectivity index is 2.37. The number of alkyl halides is 3. The Labute approximate surface area is 208 Å². The first-order chi connectivity index (χ1) is 17.3. The Bertz CT molecular complexity index is 1130. The Morgan fingerprint density at radius 1 is 0.838 bits per heavy atom. The Morgan fingerprint density at radius 2 is 1.32 bits per heavy atom. The fraction of sp³-hybridized carbons (Fsp3) is 0.500. The van der Waals surface area contributed by atoms with Crippen LogP contribution in [0.3, 0.4) is 0 Å². The molecule has 2 aliphatic carbocycles. The third-order valence-corrected chi connectivity index (χ3v) is 7.11. The molecule has 0 aromatic heterocycles. The van der Waals surface area contributed by atoms with E-state index in [4.69, 9.17) is 18.9 Å². The van der Waals surface area contributed by atoms with Gasteiger partial charge in [0.15, 0.2) is 0 Å².